The topological polar surface area (TPSA) is 80.7 Å². The van der Waals surface area contributed by atoms with Gasteiger partial charge >= 0.3 is 0 Å². The van der Waals surface area contributed by atoms with Crippen LogP contribution in [0, 0.1) is 0 Å². The van der Waals surface area contributed by atoms with Gasteiger partial charge in [-0.05, 0) is 28.8 Å². The zero-order valence-electron chi connectivity index (χ0n) is 19.9. The first-order chi connectivity index (χ1) is 18.0. The van der Waals surface area contributed by atoms with Crippen LogP contribution in [0.2, 0.25) is 0 Å². The predicted octanol–water partition coefficient (Wildman–Crippen LogP) is 6.70. The van der Waals surface area contributed by atoms with Crippen LogP contribution in [0.4, 0.5) is 0 Å². The Morgan fingerprint density at radius 2 is 1.00 bits per heavy atom. The maximum atomic E-state index is 12.9. The number of rotatable bonds is 10. The Labute approximate surface area is 214 Å². The molecular weight excluding hydrogens is 464 g/mol. The third-order valence-electron chi connectivity index (χ3n) is 5.73. The molecule has 1 N–H and O–H groups in total. The lowest BCUT2D eigenvalue weighted by atomic mass is 9.99. The van der Waals surface area contributed by atoms with E-state index >= 15 is 0 Å². The molecule has 37 heavy (non-hydrogen) atoms. The van der Waals surface area contributed by atoms with Crippen LogP contribution in [0.25, 0.3) is 12.2 Å². The summed E-state index contributed by atoms with van der Waals surface area (Å²) in [5.74, 6) is -0.420. The maximum absolute atomic E-state index is 12.9. The standard InChI is InChI=1S/C32H24O5/c33-30(26-4-2-1-3-5-26)20-13-24-10-14-28(15-11-24)32(35)29-18-16-27(17-19-29)31(34)21-12-23-6-8-25(9-7-23)22-37-36/h1-21,36H,22H2/b20-13+,21-12+. The SMILES string of the molecule is O=C(/C=C/c1ccc(C(=O)c2ccc(C(=O)/C=C/c3ccc(COO)cc3)cc2)cc1)c1ccccc1. The lowest BCUT2D eigenvalue weighted by Crippen LogP contribution is -2.02. The minimum atomic E-state index is -0.178. The van der Waals surface area contributed by atoms with E-state index in [1.807, 2.05) is 30.3 Å². The fourth-order valence-electron chi connectivity index (χ4n) is 3.64. The minimum absolute atomic E-state index is 0.0868. The maximum Gasteiger partial charge on any atom is 0.193 e. The number of carbonyl (C=O) groups excluding carboxylic acids is 3. The Kier molecular flexibility index (Phi) is 8.45. The van der Waals surface area contributed by atoms with Crippen molar-refractivity contribution in [3.8, 4) is 0 Å². The van der Waals surface area contributed by atoms with Gasteiger partial charge in [0.15, 0.2) is 17.3 Å². The van der Waals surface area contributed by atoms with Crippen LogP contribution in [-0.2, 0) is 11.5 Å². The van der Waals surface area contributed by atoms with Gasteiger partial charge in [-0.15, -0.1) is 0 Å². The van der Waals surface area contributed by atoms with Crippen LogP contribution < -0.4 is 0 Å². The Morgan fingerprint density at radius 1 is 0.568 bits per heavy atom. The van der Waals surface area contributed by atoms with Gasteiger partial charge in [0.25, 0.3) is 0 Å². The molecule has 0 aromatic heterocycles. The number of carbonyl (C=O) groups is 3. The molecule has 0 spiro atoms. The van der Waals surface area contributed by atoms with Gasteiger partial charge in [0.2, 0.25) is 0 Å². The van der Waals surface area contributed by atoms with Gasteiger partial charge in [0, 0.05) is 22.3 Å². The van der Waals surface area contributed by atoms with Gasteiger partial charge in [-0.25, -0.2) is 4.89 Å². The Hall–Kier alpha value is -4.71. The van der Waals surface area contributed by atoms with E-state index in [-0.39, 0.29) is 24.0 Å². The van der Waals surface area contributed by atoms with E-state index in [2.05, 4.69) is 4.89 Å². The summed E-state index contributed by atoms with van der Waals surface area (Å²) in [6.45, 7) is 0.102. The second-order valence-corrected chi connectivity index (χ2v) is 8.30. The van der Waals surface area contributed by atoms with Gasteiger partial charge in [-0.1, -0.05) is 115 Å². The molecule has 5 nitrogen and oxygen atoms in total. The summed E-state index contributed by atoms with van der Waals surface area (Å²) >= 11 is 0. The largest absolute Gasteiger partial charge is 0.289 e. The third kappa shape index (κ3) is 6.92. The molecule has 0 amide bonds. The molecule has 0 saturated heterocycles. The summed E-state index contributed by atoms with van der Waals surface area (Å²) in [6, 6.07) is 29.8. The monoisotopic (exact) mass is 488 g/mol. The van der Waals surface area contributed by atoms with Crippen molar-refractivity contribution in [3.05, 3.63) is 154 Å². The van der Waals surface area contributed by atoms with Crippen LogP contribution in [0.15, 0.2) is 115 Å². The summed E-state index contributed by atoms with van der Waals surface area (Å²) in [4.78, 5) is 41.7. The molecule has 182 valence electrons. The molecule has 0 atom stereocenters. The van der Waals surface area contributed by atoms with Crippen molar-refractivity contribution in [2.45, 2.75) is 6.61 Å². The number of hydrogen-bond acceptors (Lipinski definition) is 5. The van der Waals surface area contributed by atoms with E-state index < -0.39 is 0 Å². The highest BCUT2D eigenvalue weighted by atomic mass is 17.1. The summed E-state index contributed by atoms with van der Waals surface area (Å²) in [6.07, 6.45) is 6.41. The van der Waals surface area contributed by atoms with E-state index in [9.17, 15) is 14.4 Å². The first-order valence-electron chi connectivity index (χ1n) is 11.6. The van der Waals surface area contributed by atoms with Gasteiger partial charge in [0.1, 0.15) is 6.61 Å². The van der Waals surface area contributed by atoms with Crippen LogP contribution in [0.1, 0.15) is 53.3 Å². The summed E-state index contributed by atoms with van der Waals surface area (Å²) in [5.41, 5.74) is 4.54. The molecule has 5 heteroatoms. The van der Waals surface area contributed by atoms with E-state index in [4.69, 9.17) is 5.26 Å². The lowest BCUT2D eigenvalue weighted by molar-refractivity contribution is -0.253. The molecule has 0 saturated carbocycles. The average molecular weight is 489 g/mol. The number of allylic oxidation sites excluding steroid dienone is 2. The summed E-state index contributed by atoms with van der Waals surface area (Å²) < 4.78 is 0. The molecule has 0 aliphatic heterocycles. The van der Waals surface area contributed by atoms with E-state index in [1.54, 1.807) is 84.9 Å². The third-order valence-corrected chi connectivity index (χ3v) is 5.73. The highest BCUT2D eigenvalue weighted by Gasteiger charge is 2.10. The van der Waals surface area contributed by atoms with Gasteiger partial charge in [-0.2, -0.15) is 0 Å². The van der Waals surface area contributed by atoms with Crippen molar-refractivity contribution in [1.82, 2.24) is 0 Å². The summed E-state index contributed by atoms with van der Waals surface area (Å²) in [7, 11) is 0. The van der Waals surface area contributed by atoms with Crippen LogP contribution in [0.5, 0.6) is 0 Å². The fraction of sp³-hybridized carbons (Fsp3) is 0.0312. The molecule has 0 unspecified atom stereocenters. The highest BCUT2D eigenvalue weighted by Crippen LogP contribution is 2.15. The Balaban J connectivity index is 1.37. The molecule has 4 aromatic rings. The molecule has 0 aliphatic carbocycles. The van der Waals surface area contributed by atoms with E-state index in [0.717, 1.165) is 16.7 Å². The van der Waals surface area contributed by atoms with Crippen LogP contribution in [0.3, 0.4) is 0 Å². The normalized spacial score (nSPS) is 11.2. The zero-order chi connectivity index (χ0) is 26.0. The fourth-order valence-corrected chi connectivity index (χ4v) is 3.64. The Morgan fingerprint density at radius 3 is 1.51 bits per heavy atom. The first kappa shape index (κ1) is 25.4. The zero-order valence-corrected chi connectivity index (χ0v) is 19.9. The predicted molar refractivity (Wildman–Crippen MR) is 143 cm³/mol. The van der Waals surface area contributed by atoms with Crippen molar-refractivity contribution in [1.29, 1.82) is 0 Å². The second-order valence-electron chi connectivity index (χ2n) is 8.30. The number of benzene rings is 4. The smallest absolute Gasteiger partial charge is 0.193 e. The van der Waals surface area contributed by atoms with Gasteiger partial charge < -0.3 is 0 Å². The molecular formula is C32H24O5. The van der Waals surface area contributed by atoms with Gasteiger partial charge in [0.05, 0.1) is 0 Å². The molecule has 0 heterocycles. The van der Waals surface area contributed by atoms with Crippen molar-refractivity contribution in [2.75, 3.05) is 0 Å². The van der Waals surface area contributed by atoms with E-state index in [1.165, 1.54) is 12.2 Å². The lowest BCUT2D eigenvalue weighted by Gasteiger charge is -2.04. The van der Waals surface area contributed by atoms with Crippen LogP contribution in [-0.4, -0.2) is 22.6 Å². The van der Waals surface area contributed by atoms with Gasteiger partial charge in [-0.3, -0.25) is 19.6 Å². The number of hydrogen-bond donors (Lipinski definition) is 1. The first-order valence-corrected chi connectivity index (χ1v) is 11.6. The Bertz CT molecular complexity index is 1430. The van der Waals surface area contributed by atoms with Crippen molar-refractivity contribution >= 4 is 29.5 Å². The van der Waals surface area contributed by atoms with Crippen molar-refractivity contribution in [3.63, 3.8) is 0 Å². The molecule has 0 aliphatic rings. The highest BCUT2D eigenvalue weighted by molar-refractivity contribution is 6.11. The van der Waals surface area contributed by atoms with Crippen LogP contribution >= 0.6 is 0 Å². The molecule has 4 aromatic carbocycles. The molecule has 0 bridgehead atoms. The molecule has 4 rings (SSSR count). The quantitative estimate of drug-likeness (QED) is 0.116. The summed E-state index contributed by atoms with van der Waals surface area (Å²) in [5, 5.41) is 8.50. The minimum Gasteiger partial charge on any atom is -0.289 e. The van der Waals surface area contributed by atoms with Crippen molar-refractivity contribution < 1.29 is 24.5 Å². The average Bonchev–Trinajstić information content (AvgIpc) is 2.96. The molecule has 0 radical (unpaired) electrons. The molecule has 0 fully saturated rings. The van der Waals surface area contributed by atoms with Crippen molar-refractivity contribution in [2.24, 2.45) is 0 Å². The number of ketones is 3. The van der Waals surface area contributed by atoms with E-state index in [0.29, 0.717) is 22.3 Å². The second kappa shape index (κ2) is 12.3.